The zero-order chi connectivity index (χ0) is 23.4. The molecule has 1 fully saturated rings. The van der Waals surface area contributed by atoms with Gasteiger partial charge in [-0.15, -0.1) is 0 Å². The molecular formula is C22H27NO8S. The van der Waals surface area contributed by atoms with Crippen LogP contribution in [0.1, 0.15) is 20.8 Å². The SMILES string of the molecule is COCOc1cc(Oc2ccc(S(=O)(=O)CC3CO3)cc2)ccc1NC(=O)OC(C)(C)C. The predicted molar refractivity (Wildman–Crippen MR) is 117 cm³/mol. The summed E-state index contributed by atoms with van der Waals surface area (Å²) in [5.74, 6) is 1.16. The topological polar surface area (TPSA) is 113 Å². The van der Waals surface area contributed by atoms with E-state index in [-0.39, 0.29) is 23.5 Å². The first-order valence-corrected chi connectivity index (χ1v) is 11.6. The summed E-state index contributed by atoms with van der Waals surface area (Å²) in [5, 5.41) is 2.64. The third-order valence-electron chi connectivity index (χ3n) is 4.15. The maximum absolute atomic E-state index is 12.3. The number of methoxy groups -OCH3 is 1. The second kappa shape index (κ2) is 9.76. The molecule has 1 unspecified atom stereocenters. The molecule has 0 saturated carbocycles. The summed E-state index contributed by atoms with van der Waals surface area (Å²) in [5.41, 5.74) is -0.265. The zero-order valence-electron chi connectivity index (χ0n) is 18.4. The van der Waals surface area contributed by atoms with Crippen molar-refractivity contribution >= 4 is 21.6 Å². The van der Waals surface area contributed by atoms with Gasteiger partial charge in [0.15, 0.2) is 16.6 Å². The molecule has 1 saturated heterocycles. The first-order valence-electron chi connectivity index (χ1n) is 9.94. The molecule has 9 nitrogen and oxygen atoms in total. The van der Waals surface area contributed by atoms with E-state index in [1.165, 1.54) is 19.2 Å². The van der Waals surface area contributed by atoms with Crippen molar-refractivity contribution in [2.45, 2.75) is 37.4 Å². The summed E-state index contributed by atoms with van der Waals surface area (Å²) >= 11 is 0. The van der Waals surface area contributed by atoms with E-state index in [1.807, 2.05) is 0 Å². The zero-order valence-corrected chi connectivity index (χ0v) is 19.2. The number of benzene rings is 2. The number of carbonyl (C=O) groups is 1. The Morgan fingerprint density at radius 1 is 1.12 bits per heavy atom. The molecule has 1 atom stereocenters. The Morgan fingerprint density at radius 2 is 1.78 bits per heavy atom. The Bertz CT molecular complexity index is 1040. The van der Waals surface area contributed by atoms with Crippen molar-refractivity contribution in [3.63, 3.8) is 0 Å². The smallest absolute Gasteiger partial charge is 0.412 e. The van der Waals surface area contributed by atoms with E-state index < -0.39 is 21.5 Å². The molecule has 0 radical (unpaired) electrons. The average Bonchev–Trinajstić information content (AvgIpc) is 3.50. The summed E-state index contributed by atoms with van der Waals surface area (Å²) in [7, 11) is -1.92. The van der Waals surface area contributed by atoms with Crippen LogP contribution in [0, 0.1) is 0 Å². The molecule has 1 aliphatic rings. The number of epoxide rings is 1. The Morgan fingerprint density at radius 3 is 2.38 bits per heavy atom. The summed E-state index contributed by atoms with van der Waals surface area (Å²) in [6.45, 7) is 5.74. The standard InChI is InChI=1S/C22H27NO8S/c1-22(2,3)31-21(24)23-19-10-7-16(11-20(19)29-14-27-4)30-15-5-8-18(9-6-15)32(25,26)13-17-12-28-17/h5-11,17H,12-14H2,1-4H3,(H,23,24). The van der Waals surface area contributed by atoms with Crippen LogP contribution in [0.25, 0.3) is 0 Å². The van der Waals surface area contributed by atoms with Crippen LogP contribution in [0.3, 0.4) is 0 Å². The number of sulfone groups is 1. The van der Waals surface area contributed by atoms with Gasteiger partial charge in [0.25, 0.3) is 0 Å². The summed E-state index contributed by atoms with van der Waals surface area (Å²) in [6, 6.07) is 11.0. The van der Waals surface area contributed by atoms with Gasteiger partial charge in [-0.1, -0.05) is 0 Å². The van der Waals surface area contributed by atoms with Gasteiger partial charge in [0.05, 0.1) is 29.0 Å². The molecule has 1 amide bonds. The third kappa shape index (κ3) is 7.11. The van der Waals surface area contributed by atoms with Gasteiger partial charge < -0.3 is 23.7 Å². The van der Waals surface area contributed by atoms with Crippen LogP contribution in [-0.2, 0) is 24.0 Å². The largest absolute Gasteiger partial charge is 0.465 e. The maximum Gasteiger partial charge on any atom is 0.412 e. The molecule has 32 heavy (non-hydrogen) atoms. The number of rotatable bonds is 9. The van der Waals surface area contributed by atoms with Crippen LogP contribution in [0.15, 0.2) is 47.4 Å². The highest BCUT2D eigenvalue weighted by Crippen LogP contribution is 2.33. The van der Waals surface area contributed by atoms with Crippen LogP contribution < -0.4 is 14.8 Å². The van der Waals surface area contributed by atoms with Gasteiger partial charge in [0, 0.05) is 13.2 Å². The molecule has 3 rings (SSSR count). The minimum atomic E-state index is -3.40. The van der Waals surface area contributed by atoms with E-state index in [9.17, 15) is 13.2 Å². The lowest BCUT2D eigenvalue weighted by Gasteiger charge is -2.20. The highest BCUT2D eigenvalue weighted by atomic mass is 32.2. The summed E-state index contributed by atoms with van der Waals surface area (Å²) in [6.07, 6.45) is -0.837. The quantitative estimate of drug-likeness (QED) is 0.437. The van der Waals surface area contributed by atoms with Gasteiger partial charge in [0.1, 0.15) is 22.8 Å². The van der Waals surface area contributed by atoms with Gasteiger partial charge in [-0.3, -0.25) is 5.32 Å². The van der Waals surface area contributed by atoms with Crippen LogP contribution in [-0.4, -0.2) is 52.5 Å². The van der Waals surface area contributed by atoms with Crippen molar-refractivity contribution in [3.05, 3.63) is 42.5 Å². The van der Waals surface area contributed by atoms with Crippen molar-refractivity contribution in [1.29, 1.82) is 0 Å². The molecule has 0 spiro atoms. The van der Waals surface area contributed by atoms with E-state index in [0.29, 0.717) is 29.5 Å². The molecule has 10 heteroatoms. The van der Waals surface area contributed by atoms with Crippen molar-refractivity contribution in [2.24, 2.45) is 0 Å². The number of hydrogen-bond acceptors (Lipinski definition) is 8. The van der Waals surface area contributed by atoms with E-state index in [1.54, 1.807) is 51.1 Å². The molecule has 1 aliphatic heterocycles. The summed E-state index contributed by atoms with van der Waals surface area (Å²) < 4.78 is 51.2. The van der Waals surface area contributed by atoms with Crippen LogP contribution in [0.2, 0.25) is 0 Å². The number of ether oxygens (including phenoxy) is 5. The molecule has 1 N–H and O–H groups in total. The molecule has 174 valence electrons. The average molecular weight is 466 g/mol. The van der Waals surface area contributed by atoms with Crippen molar-refractivity contribution in [2.75, 3.05) is 31.6 Å². The van der Waals surface area contributed by atoms with Crippen molar-refractivity contribution in [1.82, 2.24) is 0 Å². The third-order valence-corrected chi connectivity index (χ3v) is 5.95. The molecule has 2 aromatic carbocycles. The number of amides is 1. The molecule has 0 aliphatic carbocycles. The molecule has 0 aromatic heterocycles. The minimum absolute atomic E-state index is 0.0283. The molecular weight excluding hydrogens is 438 g/mol. The molecule has 1 heterocycles. The highest BCUT2D eigenvalue weighted by Gasteiger charge is 2.30. The lowest BCUT2D eigenvalue weighted by Crippen LogP contribution is -2.27. The van der Waals surface area contributed by atoms with E-state index >= 15 is 0 Å². The second-order valence-corrected chi connectivity index (χ2v) is 10.2. The lowest BCUT2D eigenvalue weighted by atomic mass is 10.2. The Hall–Kier alpha value is -2.82. The Balaban J connectivity index is 1.72. The predicted octanol–water partition coefficient (Wildman–Crippen LogP) is 3.98. The van der Waals surface area contributed by atoms with Gasteiger partial charge >= 0.3 is 6.09 Å². The molecule has 2 aromatic rings. The van der Waals surface area contributed by atoms with E-state index in [4.69, 9.17) is 23.7 Å². The van der Waals surface area contributed by atoms with Crippen LogP contribution >= 0.6 is 0 Å². The fraction of sp³-hybridized carbons (Fsp3) is 0.409. The number of anilines is 1. The van der Waals surface area contributed by atoms with Gasteiger partial charge in [0.2, 0.25) is 0 Å². The molecule has 0 bridgehead atoms. The van der Waals surface area contributed by atoms with Gasteiger partial charge in [-0.2, -0.15) is 0 Å². The number of carbonyl (C=O) groups excluding carboxylic acids is 1. The Labute approximate surface area is 187 Å². The number of nitrogens with one attached hydrogen (secondary N) is 1. The minimum Gasteiger partial charge on any atom is -0.465 e. The second-order valence-electron chi connectivity index (χ2n) is 8.15. The first kappa shape index (κ1) is 23.8. The fourth-order valence-corrected chi connectivity index (χ4v) is 4.11. The van der Waals surface area contributed by atoms with Crippen molar-refractivity contribution < 1.29 is 36.9 Å². The first-order chi connectivity index (χ1) is 15.1. The van der Waals surface area contributed by atoms with Crippen LogP contribution in [0.5, 0.6) is 17.2 Å². The van der Waals surface area contributed by atoms with Crippen LogP contribution in [0.4, 0.5) is 10.5 Å². The van der Waals surface area contributed by atoms with Crippen molar-refractivity contribution in [3.8, 4) is 17.2 Å². The normalized spacial score (nSPS) is 15.7. The fourth-order valence-electron chi connectivity index (χ4n) is 2.68. The van der Waals surface area contributed by atoms with E-state index in [2.05, 4.69) is 5.32 Å². The number of hydrogen-bond donors (Lipinski definition) is 1. The van der Waals surface area contributed by atoms with Gasteiger partial charge in [-0.25, -0.2) is 13.2 Å². The monoisotopic (exact) mass is 465 g/mol. The summed E-state index contributed by atoms with van der Waals surface area (Å²) in [4.78, 5) is 12.3. The van der Waals surface area contributed by atoms with E-state index in [0.717, 1.165) is 0 Å². The lowest BCUT2D eigenvalue weighted by molar-refractivity contribution is 0.0508. The Kier molecular flexibility index (Phi) is 7.27. The maximum atomic E-state index is 12.3. The highest BCUT2D eigenvalue weighted by molar-refractivity contribution is 7.91. The van der Waals surface area contributed by atoms with Gasteiger partial charge in [-0.05, 0) is 57.2 Å².